The molecule has 0 bridgehead atoms. The molecule has 27 heavy (non-hydrogen) atoms. The molecule has 10 heteroatoms. The Balaban J connectivity index is 1.94. The predicted molar refractivity (Wildman–Crippen MR) is 97.3 cm³/mol. The molecule has 1 aromatic heterocycles. The first-order valence-corrected chi connectivity index (χ1v) is 8.67. The standard InChI is InChI=1S/C17H16Cl2N2O6/c1-2-25-16(23)7-8-21-15(22)6-5-14(20-21)27-17(24)10-26-13-4-3-11(18)9-12(13)19/h3-6,9H,2,7-8,10H2,1H3. The van der Waals surface area contributed by atoms with Crippen LogP contribution in [0.5, 0.6) is 11.6 Å². The van der Waals surface area contributed by atoms with Gasteiger partial charge in [-0.2, -0.15) is 0 Å². The van der Waals surface area contributed by atoms with E-state index in [4.69, 9.17) is 37.4 Å². The third kappa shape index (κ3) is 6.58. The topological polar surface area (TPSA) is 96.7 Å². The molecule has 0 aliphatic heterocycles. The number of hydrogen-bond donors (Lipinski definition) is 0. The molecule has 2 rings (SSSR count). The van der Waals surface area contributed by atoms with E-state index in [2.05, 4.69) is 5.10 Å². The molecule has 0 saturated carbocycles. The average molecular weight is 415 g/mol. The number of ether oxygens (including phenoxy) is 3. The third-order valence-corrected chi connectivity index (χ3v) is 3.66. The van der Waals surface area contributed by atoms with Gasteiger partial charge in [-0.1, -0.05) is 23.2 Å². The normalized spacial score (nSPS) is 10.3. The van der Waals surface area contributed by atoms with Crippen LogP contribution in [0.2, 0.25) is 10.0 Å². The van der Waals surface area contributed by atoms with E-state index >= 15 is 0 Å². The third-order valence-electron chi connectivity index (χ3n) is 3.13. The smallest absolute Gasteiger partial charge is 0.350 e. The fourth-order valence-electron chi connectivity index (χ4n) is 1.95. The number of aromatic nitrogens is 2. The maximum absolute atomic E-state index is 11.9. The zero-order valence-corrected chi connectivity index (χ0v) is 15.8. The van der Waals surface area contributed by atoms with E-state index in [1.54, 1.807) is 13.0 Å². The molecule has 0 radical (unpaired) electrons. The van der Waals surface area contributed by atoms with Crippen LogP contribution >= 0.6 is 23.2 Å². The van der Waals surface area contributed by atoms with Crippen molar-refractivity contribution < 1.29 is 23.8 Å². The summed E-state index contributed by atoms with van der Waals surface area (Å²) in [5.74, 6) is -1.04. The van der Waals surface area contributed by atoms with Crippen LogP contribution in [-0.4, -0.2) is 34.9 Å². The number of halogens is 2. The molecular weight excluding hydrogens is 399 g/mol. The Morgan fingerprint density at radius 3 is 2.63 bits per heavy atom. The lowest BCUT2D eigenvalue weighted by molar-refractivity contribution is -0.143. The van der Waals surface area contributed by atoms with Crippen molar-refractivity contribution in [1.82, 2.24) is 9.78 Å². The summed E-state index contributed by atoms with van der Waals surface area (Å²) in [4.78, 5) is 35.0. The fraction of sp³-hybridized carbons (Fsp3) is 0.294. The van der Waals surface area contributed by atoms with Crippen molar-refractivity contribution in [1.29, 1.82) is 0 Å². The van der Waals surface area contributed by atoms with E-state index in [9.17, 15) is 14.4 Å². The molecule has 8 nitrogen and oxygen atoms in total. The summed E-state index contributed by atoms with van der Waals surface area (Å²) < 4.78 is 16.1. The fourth-order valence-corrected chi connectivity index (χ4v) is 2.41. The van der Waals surface area contributed by atoms with Gasteiger partial charge in [0.15, 0.2) is 6.61 Å². The average Bonchev–Trinajstić information content (AvgIpc) is 2.61. The van der Waals surface area contributed by atoms with Gasteiger partial charge in [-0.05, 0) is 25.1 Å². The van der Waals surface area contributed by atoms with E-state index in [1.165, 1.54) is 24.3 Å². The molecule has 1 aromatic carbocycles. The van der Waals surface area contributed by atoms with Crippen molar-refractivity contribution in [2.75, 3.05) is 13.2 Å². The number of hydrogen-bond acceptors (Lipinski definition) is 7. The van der Waals surface area contributed by atoms with Gasteiger partial charge in [-0.25, -0.2) is 9.48 Å². The SMILES string of the molecule is CCOC(=O)CCn1nc(OC(=O)COc2ccc(Cl)cc2Cl)ccc1=O. The van der Waals surface area contributed by atoms with Gasteiger partial charge in [0.25, 0.3) is 5.56 Å². The van der Waals surface area contributed by atoms with Crippen molar-refractivity contribution in [2.24, 2.45) is 0 Å². The Bertz CT molecular complexity index is 884. The maximum Gasteiger partial charge on any atom is 0.350 e. The highest BCUT2D eigenvalue weighted by atomic mass is 35.5. The maximum atomic E-state index is 11.9. The monoisotopic (exact) mass is 414 g/mol. The van der Waals surface area contributed by atoms with Crippen LogP contribution in [0.15, 0.2) is 35.1 Å². The number of nitrogens with zero attached hydrogens (tertiary/aromatic N) is 2. The molecule has 2 aromatic rings. The second kappa shape index (κ2) is 9.94. The second-order valence-corrected chi connectivity index (χ2v) is 5.97. The predicted octanol–water partition coefficient (Wildman–Crippen LogP) is 2.49. The molecule has 0 aliphatic carbocycles. The summed E-state index contributed by atoms with van der Waals surface area (Å²) in [6.45, 7) is 1.50. The molecular formula is C17H16Cl2N2O6. The lowest BCUT2D eigenvalue weighted by Gasteiger charge is -2.09. The van der Waals surface area contributed by atoms with Gasteiger partial charge in [-0.15, -0.1) is 5.10 Å². The molecule has 0 spiro atoms. The first kappa shape index (κ1) is 20.7. The van der Waals surface area contributed by atoms with Crippen LogP contribution < -0.4 is 15.0 Å². The molecule has 0 atom stereocenters. The molecule has 1 heterocycles. The lowest BCUT2D eigenvalue weighted by Crippen LogP contribution is -2.25. The lowest BCUT2D eigenvalue weighted by atomic mass is 10.3. The number of benzene rings is 1. The minimum atomic E-state index is -0.746. The zero-order valence-electron chi connectivity index (χ0n) is 14.3. The number of carbonyl (C=O) groups is 2. The van der Waals surface area contributed by atoms with Gasteiger partial charge < -0.3 is 14.2 Å². The molecule has 0 N–H and O–H groups in total. The first-order valence-electron chi connectivity index (χ1n) is 7.91. The minimum absolute atomic E-state index is 0.0000597. The van der Waals surface area contributed by atoms with Crippen LogP contribution in [0.3, 0.4) is 0 Å². The van der Waals surface area contributed by atoms with Crippen molar-refractivity contribution in [2.45, 2.75) is 19.9 Å². The highest BCUT2D eigenvalue weighted by Crippen LogP contribution is 2.27. The Hall–Kier alpha value is -2.58. The van der Waals surface area contributed by atoms with E-state index in [-0.39, 0.29) is 36.2 Å². The van der Waals surface area contributed by atoms with Crippen molar-refractivity contribution in [3.05, 3.63) is 50.7 Å². The summed E-state index contributed by atoms with van der Waals surface area (Å²) in [7, 11) is 0. The van der Waals surface area contributed by atoms with Gasteiger partial charge in [-0.3, -0.25) is 9.59 Å². The molecule has 0 aliphatic rings. The van der Waals surface area contributed by atoms with Crippen LogP contribution in [0.4, 0.5) is 0 Å². The Labute approximate surface area is 164 Å². The van der Waals surface area contributed by atoms with E-state index in [0.29, 0.717) is 5.02 Å². The van der Waals surface area contributed by atoms with Gasteiger partial charge in [0.1, 0.15) is 5.75 Å². The first-order chi connectivity index (χ1) is 12.9. The van der Waals surface area contributed by atoms with Gasteiger partial charge in [0.05, 0.1) is 24.6 Å². The summed E-state index contributed by atoms with van der Waals surface area (Å²) in [6, 6.07) is 6.99. The minimum Gasteiger partial charge on any atom is -0.480 e. The van der Waals surface area contributed by atoms with E-state index < -0.39 is 24.1 Å². The summed E-state index contributed by atoms with van der Waals surface area (Å²) in [5, 5.41) is 4.57. The molecule has 144 valence electrons. The molecule has 0 unspecified atom stereocenters. The van der Waals surface area contributed by atoms with Crippen LogP contribution in [0.1, 0.15) is 13.3 Å². The van der Waals surface area contributed by atoms with Gasteiger partial charge >= 0.3 is 11.9 Å². The quantitative estimate of drug-likeness (QED) is 0.611. The van der Waals surface area contributed by atoms with Crippen molar-refractivity contribution >= 4 is 35.1 Å². The van der Waals surface area contributed by atoms with Gasteiger partial charge in [0.2, 0.25) is 5.88 Å². The summed E-state index contributed by atoms with van der Waals surface area (Å²) in [6.07, 6.45) is -0.0314. The Morgan fingerprint density at radius 1 is 1.15 bits per heavy atom. The number of esters is 2. The summed E-state index contributed by atoms with van der Waals surface area (Å²) in [5.41, 5.74) is -0.441. The summed E-state index contributed by atoms with van der Waals surface area (Å²) >= 11 is 11.7. The Kier molecular flexibility index (Phi) is 7.63. The molecule has 0 amide bonds. The van der Waals surface area contributed by atoms with E-state index in [0.717, 1.165) is 4.68 Å². The molecule has 0 fully saturated rings. The number of carbonyl (C=O) groups excluding carboxylic acids is 2. The van der Waals surface area contributed by atoms with Crippen LogP contribution in [0, 0.1) is 0 Å². The Morgan fingerprint density at radius 2 is 1.93 bits per heavy atom. The van der Waals surface area contributed by atoms with E-state index in [1.807, 2.05) is 0 Å². The number of rotatable bonds is 8. The second-order valence-electron chi connectivity index (χ2n) is 5.13. The zero-order chi connectivity index (χ0) is 19.8. The van der Waals surface area contributed by atoms with Crippen LogP contribution in [-0.2, 0) is 20.9 Å². The van der Waals surface area contributed by atoms with Crippen molar-refractivity contribution in [3.63, 3.8) is 0 Å². The van der Waals surface area contributed by atoms with Gasteiger partial charge in [0, 0.05) is 17.2 Å². The number of aryl methyl sites for hydroxylation is 1. The largest absolute Gasteiger partial charge is 0.480 e. The highest BCUT2D eigenvalue weighted by Gasteiger charge is 2.11. The van der Waals surface area contributed by atoms with Crippen LogP contribution in [0.25, 0.3) is 0 Å². The molecule has 0 saturated heterocycles. The highest BCUT2D eigenvalue weighted by molar-refractivity contribution is 6.35. The van der Waals surface area contributed by atoms with Crippen molar-refractivity contribution in [3.8, 4) is 11.6 Å².